The highest BCUT2D eigenvalue weighted by molar-refractivity contribution is 6.00. The van der Waals surface area contributed by atoms with Crippen molar-refractivity contribution in [3.8, 4) is 0 Å². The van der Waals surface area contributed by atoms with E-state index in [0.29, 0.717) is 44.8 Å². The average Bonchev–Trinajstić information content (AvgIpc) is 3.04. The van der Waals surface area contributed by atoms with Gasteiger partial charge in [0.05, 0.1) is 18.4 Å². The lowest BCUT2D eigenvalue weighted by atomic mass is 9.95. The molecule has 7 heteroatoms. The molecule has 2 fully saturated rings. The number of nitrogens with zero attached hydrogens (tertiary/aromatic N) is 2. The van der Waals surface area contributed by atoms with Gasteiger partial charge in [-0.1, -0.05) is 0 Å². The van der Waals surface area contributed by atoms with E-state index in [0.717, 1.165) is 0 Å². The molecule has 2 amide bonds. The number of amides is 2. The van der Waals surface area contributed by atoms with E-state index in [-0.39, 0.29) is 35.9 Å². The molecule has 2 heterocycles. The van der Waals surface area contributed by atoms with Crippen LogP contribution in [0.5, 0.6) is 0 Å². The second-order valence-corrected chi connectivity index (χ2v) is 6.73. The number of esters is 1. The van der Waals surface area contributed by atoms with Gasteiger partial charge in [-0.25, -0.2) is 4.39 Å². The van der Waals surface area contributed by atoms with Crippen molar-refractivity contribution in [1.29, 1.82) is 0 Å². The molecule has 0 N–H and O–H groups in total. The number of hydrogen-bond acceptors (Lipinski definition) is 4. The number of anilines is 1. The summed E-state index contributed by atoms with van der Waals surface area (Å²) < 4.78 is 18.1. The van der Waals surface area contributed by atoms with Crippen molar-refractivity contribution in [2.75, 3.05) is 31.1 Å². The molecule has 2 aliphatic heterocycles. The zero-order valence-corrected chi connectivity index (χ0v) is 14.8. The Kier molecular flexibility index (Phi) is 5.54. The van der Waals surface area contributed by atoms with Crippen molar-refractivity contribution in [3.05, 3.63) is 30.1 Å². The van der Waals surface area contributed by atoms with Gasteiger partial charge >= 0.3 is 5.97 Å². The third kappa shape index (κ3) is 3.86. The SMILES string of the molecule is CCOC(=O)C1CCN(C(=O)[C@@H]2CC(=O)N(c3ccc(F)cc3)C2)CC1. The van der Waals surface area contributed by atoms with E-state index in [1.165, 1.54) is 17.0 Å². The van der Waals surface area contributed by atoms with Gasteiger partial charge in [-0.05, 0) is 44.0 Å². The van der Waals surface area contributed by atoms with Gasteiger partial charge in [0, 0.05) is 31.7 Å². The highest BCUT2D eigenvalue weighted by Crippen LogP contribution is 2.28. The molecule has 2 aliphatic rings. The lowest BCUT2D eigenvalue weighted by molar-refractivity contribution is -0.151. The molecular formula is C19H23FN2O4. The summed E-state index contributed by atoms with van der Waals surface area (Å²) >= 11 is 0. The van der Waals surface area contributed by atoms with Crippen molar-refractivity contribution in [2.24, 2.45) is 11.8 Å². The lowest BCUT2D eigenvalue weighted by Gasteiger charge is -2.32. The molecule has 0 radical (unpaired) electrons. The van der Waals surface area contributed by atoms with E-state index in [2.05, 4.69) is 0 Å². The lowest BCUT2D eigenvalue weighted by Crippen LogP contribution is -2.44. The highest BCUT2D eigenvalue weighted by atomic mass is 19.1. The molecule has 2 saturated heterocycles. The number of ether oxygens (including phenoxy) is 1. The number of rotatable bonds is 4. The minimum atomic E-state index is -0.397. The molecule has 140 valence electrons. The van der Waals surface area contributed by atoms with Crippen LogP contribution in [0.4, 0.5) is 10.1 Å². The van der Waals surface area contributed by atoms with Gasteiger partial charge in [0.1, 0.15) is 5.82 Å². The van der Waals surface area contributed by atoms with Gasteiger partial charge in [0.15, 0.2) is 0 Å². The number of carbonyl (C=O) groups is 3. The number of halogens is 1. The van der Waals surface area contributed by atoms with Crippen molar-refractivity contribution in [1.82, 2.24) is 4.90 Å². The van der Waals surface area contributed by atoms with Crippen molar-refractivity contribution >= 4 is 23.5 Å². The van der Waals surface area contributed by atoms with Crippen LogP contribution < -0.4 is 4.90 Å². The third-order valence-electron chi connectivity index (χ3n) is 5.04. The number of piperidine rings is 1. The Labute approximate surface area is 151 Å². The van der Waals surface area contributed by atoms with Crippen LogP contribution in [0.15, 0.2) is 24.3 Å². The summed E-state index contributed by atoms with van der Waals surface area (Å²) in [5, 5.41) is 0. The first kappa shape index (κ1) is 18.4. The van der Waals surface area contributed by atoms with Crippen molar-refractivity contribution in [2.45, 2.75) is 26.2 Å². The summed E-state index contributed by atoms with van der Waals surface area (Å²) in [7, 11) is 0. The minimum Gasteiger partial charge on any atom is -0.466 e. The average molecular weight is 362 g/mol. The van der Waals surface area contributed by atoms with Crippen LogP contribution in [0.2, 0.25) is 0 Å². The molecule has 26 heavy (non-hydrogen) atoms. The van der Waals surface area contributed by atoms with Crippen LogP contribution in [-0.4, -0.2) is 48.9 Å². The fourth-order valence-corrected chi connectivity index (χ4v) is 3.60. The van der Waals surface area contributed by atoms with E-state index in [1.54, 1.807) is 24.0 Å². The van der Waals surface area contributed by atoms with E-state index in [9.17, 15) is 18.8 Å². The molecule has 0 bridgehead atoms. The molecule has 1 atom stereocenters. The molecule has 0 saturated carbocycles. The van der Waals surface area contributed by atoms with Crippen LogP contribution in [0.1, 0.15) is 26.2 Å². The summed E-state index contributed by atoms with van der Waals surface area (Å²) in [6.07, 6.45) is 1.34. The first-order valence-electron chi connectivity index (χ1n) is 9.01. The molecule has 1 aromatic carbocycles. The molecule has 1 aromatic rings. The summed E-state index contributed by atoms with van der Waals surface area (Å²) in [5.41, 5.74) is 0.604. The smallest absolute Gasteiger partial charge is 0.309 e. The van der Waals surface area contributed by atoms with Gasteiger partial charge in [0.2, 0.25) is 11.8 Å². The molecular weight excluding hydrogens is 339 g/mol. The molecule has 0 unspecified atom stereocenters. The van der Waals surface area contributed by atoms with Gasteiger partial charge in [0.25, 0.3) is 0 Å². The van der Waals surface area contributed by atoms with E-state index in [4.69, 9.17) is 4.74 Å². The van der Waals surface area contributed by atoms with Gasteiger partial charge in [-0.15, -0.1) is 0 Å². The Morgan fingerprint density at radius 1 is 1.15 bits per heavy atom. The zero-order valence-electron chi connectivity index (χ0n) is 14.8. The number of benzene rings is 1. The Bertz CT molecular complexity index is 683. The Morgan fingerprint density at radius 2 is 1.81 bits per heavy atom. The quantitative estimate of drug-likeness (QED) is 0.768. The second-order valence-electron chi connectivity index (χ2n) is 6.73. The van der Waals surface area contributed by atoms with Crippen molar-refractivity contribution < 1.29 is 23.5 Å². The summed E-state index contributed by atoms with van der Waals surface area (Å²) in [6, 6.07) is 5.70. The Balaban J connectivity index is 1.57. The highest BCUT2D eigenvalue weighted by Gasteiger charge is 2.38. The summed E-state index contributed by atoms with van der Waals surface area (Å²) in [6.45, 7) is 3.45. The third-order valence-corrected chi connectivity index (χ3v) is 5.04. The second kappa shape index (κ2) is 7.85. The Morgan fingerprint density at radius 3 is 2.42 bits per heavy atom. The Hall–Kier alpha value is -2.44. The van der Waals surface area contributed by atoms with Crippen molar-refractivity contribution in [3.63, 3.8) is 0 Å². The first-order valence-corrected chi connectivity index (χ1v) is 9.01. The predicted molar refractivity (Wildman–Crippen MR) is 92.8 cm³/mol. The predicted octanol–water partition coefficient (Wildman–Crippen LogP) is 1.98. The van der Waals surface area contributed by atoms with Crippen LogP contribution in [0.3, 0.4) is 0 Å². The van der Waals surface area contributed by atoms with E-state index >= 15 is 0 Å². The zero-order chi connectivity index (χ0) is 18.7. The minimum absolute atomic E-state index is 0.0507. The first-order chi connectivity index (χ1) is 12.5. The maximum atomic E-state index is 13.1. The largest absolute Gasteiger partial charge is 0.466 e. The summed E-state index contributed by atoms with van der Waals surface area (Å²) in [5.74, 6) is -1.29. The monoisotopic (exact) mass is 362 g/mol. The molecule has 0 spiro atoms. The van der Waals surface area contributed by atoms with Crippen LogP contribution in [0.25, 0.3) is 0 Å². The van der Waals surface area contributed by atoms with Gasteiger partial charge < -0.3 is 14.5 Å². The van der Waals surface area contributed by atoms with E-state index in [1.807, 2.05) is 0 Å². The maximum Gasteiger partial charge on any atom is 0.309 e. The fraction of sp³-hybridized carbons (Fsp3) is 0.526. The van der Waals surface area contributed by atoms with Crippen LogP contribution >= 0.6 is 0 Å². The number of carbonyl (C=O) groups excluding carboxylic acids is 3. The van der Waals surface area contributed by atoms with E-state index < -0.39 is 5.92 Å². The molecule has 0 aromatic heterocycles. The topological polar surface area (TPSA) is 66.9 Å². The molecule has 6 nitrogen and oxygen atoms in total. The maximum absolute atomic E-state index is 13.1. The van der Waals surface area contributed by atoms with Crippen LogP contribution in [0, 0.1) is 17.7 Å². The summed E-state index contributed by atoms with van der Waals surface area (Å²) in [4.78, 5) is 40.1. The standard InChI is InChI=1S/C19H23FN2O4/c1-2-26-19(25)13-7-9-21(10-8-13)18(24)14-11-17(23)22(12-14)16-5-3-15(20)4-6-16/h3-6,13-14H,2,7-12H2,1H3/t14-/m1/s1. The normalized spacial score (nSPS) is 21.2. The van der Waals surface area contributed by atoms with Gasteiger partial charge in [-0.2, -0.15) is 0 Å². The number of hydrogen-bond donors (Lipinski definition) is 0. The van der Waals surface area contributed by atoms with Gasteiger partial charge in [-0.3, -0.25) is 14.4 Å². The van der Waals surface area contributed by atoms with Crippen LogP contribution in [-0.2, 0) is 19.1 Å². The molecule has 0 aliphatic carbocycles. The number of likely N-dealkylation sites (tertiary alicyclic amines) is 1. The fourth-order valence-electron chi connectivity index (χ4n) is 3.60. The molecule has 3 rings (SSSR count).